The molecule has 0 N–H and O–H groups in total. The number of morpholine rings is 1. The standard InChI is InChI=1S/C12H28N2O2.2HI/c1-13(2,3)5-9-15-10-6-14(4)7-11-16-12-8-14;;/h5-12H2,1-4H3;2*1H/q+2;;/p-2. The molecular weight excluding hydrogens is 458 g/mol. The Kier molecular flexibility index (Phi) is 12.1. The van der Waals surface area contributed by atoms with Crippen molar-refractivity contribution in [3.63, 3.8) is 0 Å². The third kappa shape index (κ3) is 10.1. The summed E-state index contributed by atoms with van der Waals surface area (Å²) in [7, 11) is 8.88. The van der Waals surface area contributed by atoms with E-state index in [1.165, 1.54) is 0 Å². The second-order valence-corrected chi connectivity index (χ2v) is 6.03. The van der Waals surface area contributed by atoms with Gasteiger partial charge in [0.2, 0.25) is 0 Å². The molecule has 18 heavy (non-hydrogen) atoms. The summed E-state index contributed by atoms with van der Waals surface area (Å²) >= 11 is 0. The first kappa shape index (κ1) is 21.6. The van der Waals surface area contributed by atoms with Crippen LogP contribution in [0.25, 0.3) is 0 Å². The lowest BCUT2D eigenvalue weighted by Gasteiger charge is -2.37. The van der Waals surface area contributed by atoms with E-state index in [0.717, 1.165) is 61.6 Å². The number of hydrogen-bond donors (Lipinski definition) is 0. The molecule has 4 nitrogen and oxygen atoms in total. The van der Waals surface area contributed by atoms with Crippen molar-refractivity contribution in [2.24, 2.45) is 0 Å². The number of quaternary nitrogens is 2. The summed E-state index contributed by atoms with van der Waals surface area (Å²) in [5.41, 5.74) is 0. The van der Waals surface area contributed by atoms with Crippen LogP contribution in [-0.2, 0) is 9.47 Å². The van der Waals surface area contributed by atoms with Crippen LogP contribution in [0, 0.1) is 0 Å². The molecule has 0 saturated carbocycles. The van der Waals surface area contributed by atoms with Crippen molar-refractivity contribution in [2.45, 2.75) is 0 Å². The molecule has 0 aromatic carbocycles. The fraction of sp³-hybridized carbons (Fsp3) is 1.00. The van der Waals surface area contributed by atoms with Crippen molar-refractivity contribution >= 4 is 0 Å². The minimum absolute atomic E-state index is 0. The van der Waals surface area contributed by atoms with Crippen molar-refractivity contribution < 1.29 is 66.4 Å². The van der Waals surface area contributed by atoms with E-state index in [9.17, 15) is 0 Å². The van der Waals surface area contributed by atoms with Gasteiger partial charge in [0.1, 0.15) is 26.2 Å². The summed E-state index contributed by atoms with van der Waals surface area (Å²) in [5.74, 6) is 0. The van der Waals surface area contributed by atoms with Crippen molar-refractivity contribution in [2.75, 3.05) is 80.8 Å². The Labute approximate surface area is 146 Å². The molecule has 6 heteroatoms. The normalized spacial score (nSPS) is 18.7. The number of likely N-dealkylation sites (N-methyl/N-ethyl adjacent to an activating group) is 2. The number of halogens is 2. The molecule has 1 saturated heterocycles. The maximum Gasteiger partial charge on any atom is 0.102 e. The molecule has 1 aliphatic rings. The molecule has 0 amide bonds. The van der Waals surface area contributed by atoms with Gasteiger partial charge in [0.05, 0.1) is 54.6 Å². The van der Waals surface area contributed by atoms with Crippen molar-refractivity contribution in [1.82, 2.24) is 0 Å². The lowest BCUT2D eigenvalue weighted by molar-refractivity contribution is -0.917. The zero-order valence-electron chi connectivity index (χ0n) is 12.1. The maximum atomic E-state index is 5.71. The molecule has 112 valence electrons. The van der Waals surface area contributed by atoms with Gasteiger partial charge in [-0.1, -0.05) is 0 Å². The molecule has 0 aromatic rings. The van der Waals surface area contributed by atoms with Crippen LogP contribution in [0.2, 0.25) is 0 Å². The van der Waals surface area contributed by atoms with E-state index in [2.05, 4.69) is 28.2 Å². The fourth-order valence-electron chi connectivity index (χ4n) is 1.73. The zero-order chi connectivity index (χ0) is 12.1. The predicted octanol–water partition coefficient (Wildman–Crippen LogP) is -5.81. The quantitative estimate of drug-likeness (QED) is 0.212. The first-order valence-electron chi connectivity index (χ1n) is 6.21. The van der Waals surface area contributed by atoms with Gasteiger partial charge in [0.25, 0.3) is 0 Å². The van der Waals surface area contributed by atoms with E-state index < -0.39 is 0 Å². The number of ether oxygens (including phenoxy) is 2. The molecular formula is C12H28I2N2O2. The fourth-order valence-corrected chi connectivity index (χ4v) is 1.73. The van der Waals surface area contributed by atoms with Crippen LogP contribution < -0.4 is 48.0 Å². The van der Waals surface area contributed by atoms with Gasteiger partial charge in [-0.15, -0.1) is 0 Å². The van der Waals surface area contributed by atoms with Crippen LogP contribution in [0.15, 0.2) is 0 Å². The van der Waals surface area contributed by atoms with Gasteiger partial charge < -0.3 is 66.4 Å². The first-order valence-corrected chi connectivity index (χ1v) is 6.21. The van der Waals surface area contributed by atoms with Crippen molar-refractivity contribution in [3.8, 4) is 0 Å². The summed E-state index contributed by atoms with van der Waals surface area (Å²) in [6.07, 6.45) is 0. The van der Waals surface area contributed by atoms with Gasteiger partial charge in [0, 0.05) is 0 Å². The number of nitrogens with zero attached hydrogens (tertiary/aromatic N) is 2. The van der Waals surface area contributed by atoms with Crippen LogP contribution >= 0.6 is 0 Å². The second-order valence-electron chi connectivity index (χ2n) is 6.03. The molecule has 0 aliphatic carbocycles. The molecule has 0 unspecified atom stereocenters. The summed E-state index contributed by atoms with van der Waals surface area (Å²) in [4.78, 5) is 0. The van der Waals surface area contributed by atoms with E-state index in [1.807, 2.05) is 0 Å². The highest BCUT2D eigenvalue weighted by atomic mass is 127. The third-order valence-electron chi connectivity index (χ3n) is 3.23. The van der Waals surface area contributed by atoms with E-state index in [4.69, 9.17) is 9.47 Å². The van der Waals surface area contributed by atoms with Gasteiger partial charge in [0.15, 0.2) is 0 Å². The summed E-state index contributed by atoms with van der Waals surface area (Å²) in [6.45, 7) is 7.96. The van der Waals surface area contributed by atoms with E-state index in [-0.39, 0.29) is 48.0 Å². The largest absolute Gasteiger partial charge is 1.00 e. The van der Waals surface area contributed by atoms with E-state index in [1.54, 1.807) is 0 Å². The minimum Gasteiger partial charge on any atom is -1.00 e. The Morgan fingerprint density at radius 1 is 1.06 bits per heavy atom. The van der Waals surface area contributed by atoms with Gasteiger partial charge in [-0.25, -0.2) is 0 Å². The predicted molar refractivity (Wildman–Crippen MR) is 65.3 cm³/mol. The van der Waals surface area contributed by atoms with E-state index in [0.29, 0.717) is 0 Å². The Morgan fingerprint density at radius 2 is 1.61 bits per heavy atom. The summed E-state index contributed by atoms with van der Waals surface area (Å²) < 4.78 is 13.2. The van der Waals surface area contributed by atoms with Gasteiger partial charge >= 0.3 is 0 Å². The number of hydrogen-bond acceptors (Lipinski definition) is 2. The zero-order valence-corrected chi connectivity index (χ0v) is 16.4. The average Bonchev–Trinajstić information content (AvgIpc) is 2.16. The van der Waals surface area contributed by atoms with Gasteiger partial charge in [-0.2, -0.15) is 0 Å². The van der Waals surface area contributed by atoms with Crippen molar-refractivity contribution in [3.05, 3.63) is 0 Å². The topological polar surface area (TPSA) is 18.5 Å². The van der Waals surface area contributed by atoms with Gasteiger partial charge in [-0.3, -0.25) is 0 Å². The Bertz CT molecular complexity index is 205. The SMILES string of the molecule is C[N+](C)(C)CCOCC[N+]1(C)CCOCC1.[I-].[I-]. The van der Waals surface area contributed by atoms with Crippen LogP contribution in [0.3, 0.4) is 0 Å². The lowest BCUT2D eigenvalue weighted by atomic mass is 10.3. The van der Waals surface area contributed by atoms with Crippen LogP contribution in [0.1, 0.15) is 0 Å². The van der Waals surface area contributed by atoms with Crippen LogP contribution in [0.5, 0.6) is 0 Å². The summed E-state index contributed by atoms with van der Waals surface area (Å²) in [6, 6.07) is 0. The molecule has 1 heterocycles. The highest BCUT2D eigenvalue weighted by molar-refractivity contribution is 4.46. The smallest absolute Gasteiger partial charge is 0.102 e. The molecule has 1 aliphatic heterocycles. The summed E-state index contributed by atoms with van der Waals surface area (Å²) in [5, 5.41) is 0. The molecule has 0 aromatic heterocycles. The molecule has 0 bridgehead atoms. The van der Waals surface area contributed by atoms with Crippen LogP contribution in [0.4, 0.5) is 0 Å². The Balaban J connectivity index is 0. The Hall–Kier alpha value is 1.30. The average molecular weight is 486 g/mol. The van der Waals surface area contributed by atoms with Crippen molar-refractivity contribution in [1.29, 1.82) is 0 Å². The molecule has 1 fully saturated rings. The molecule has 0 spiro atoms. The molecule has 0 radical (unpaired) electrons. The highest BCUT2D eigenvalue weighted by Gasteiger charge is 2.24. The molecule has 0 atom stereocenters. The highest BCUT2D eigenvalue weighted by Crippen LogP contribution is 2.06. The van der Waals surface area contributed by atoms with Gasteiger partial charge in [-0.05, 0) is 0 Å². The van der Waals surface area contributed by atoms with Crippen LogP contribution in [-0.4, -0.2) is 89.8 Å². The van der Waals surface area contributed by atoms with E-state index >= 15 is 0 Å². The minimum atomic E-state index is 0. The monoisotopic (exact) mass is 486 g/mol. The Morgan fingerprint density at radius 3 is 2.11 bits per heavy atom. The molecule has 1 rings (SSSR count). The third-order valence-corrected chi connectivity index (χ3v) is 3.23. The maximum absolute atomic E-state index is 5.71. The lowest BCUT2D eigenvalue weighted by Crippen LogP contribution is -3.00. The second kappa shape index (κ2) is 10.1. The first-order chi connectivity index (χ1) is 7.41. The number of rotatable bonds is 6.